The van der Waals surface area contributed by atoms with Gasteiger partial charge >= 0.3 is 0 Å². The first-order valence-corrected chi connectivity index (χ1v) is 7.24. The van der Waals surface area contributed by atoms with Crippen LogP contribution in [0.5, 0.6) is 0 Å². The Kier molecular flexibility index (Phi) is 4.25. The molecule has 1 atom stereocenters. The second-order valence-corrected chi connectivity index (χ2v) is 5.20. The first-order valence-electron chi connectivity index (χ1n) is 7.24. The van der Waals surface area contributed by atoms with Crippen LogP contribution in [0.3, 0.4) is 0 Å². The molecule has 0 saturated carbocycles. The van der Waals surface area contributed by atoms with Gasteiger partial charge < -0.3 is 19.4 Å². The van der Waals surface area contributed by atoms with Crippen molar-refractivity contribution in [3.63, 3.8) is 0 Å². The maximum absolute atomic E-state index is 12.1. The molecule has 3 aromatic rings. The van der Waals surface area contributed by atoms with E-state index in [1.54, 1.807) is 30.5 Å². The van der Waals surface area contributed by atoms with Crippen LogP contribution in [-0.2, 0) is 6.54 Å². The minimum Gasteiger partial charge on any atom is -0.451 e. The minimum atomic E-state index is -0.872. The zero-order valence-electron chi connectivity index (χ0n) is 12.3. The van der Waals surface area contributed by atoms with E-state index in [9.17, 15) is 14.7 Å². The number of carbonyl (C=O) groups excluding carboxylic acids is 1. The highest BCUT2D eigenvalue weighted by molar-refractivity contribution is 5.96. The van der Waals surface area contributed by atoms with E-state index < -0.39 is 12.0 Å². The highest BCUT2D eigenvalue weighted by atomic mass is 16.3. The van der Waals surface area contributed by atoms with Gasteiger partial charge in [-0.25, -0.2) is 0 Å². The van der Waals surface area contributed by atoms with Crippen LogP contribution >= 0.6 is 0 Å². The van der Waals surface area contributed by atoms with Crippen LogP contribution in [0.1, 0.15) is 10.6 Å². The second kappa shape index (κ2) is 6.50. The van der Waals surface area contributed by atoms with Gasteiger partial charge in [0.2, 0.25) is 0 Å². The van der Waals surface area contributed by atoms with E-state index >= 15 is 0 Å². The van der Waals surface area contributed by atoms with Gasteiger partial charge in [-0.1, -0.05) is 24.3 Å². The van der Waals surface area contributed by atoms with Crippen LogP contribution in [0, 0.1) is 0 Å². The Hall–Kier alpha value is -2.86. The van der Waals surface area contributed by atoms with Crippen molar-refractivity contribution in [3.05, 3.63) is 70.8 Å². The fourth-order valence-corrected chi connectivity index (χ4v) is 2.29. The van der Waals surface area contributed by atoms with Crippen LogP contribution in [-0.4, -0.2) is 28.2 Å². The van der Waals surface area contributed by atoms with E-state index in [2.05, 4.69) is 5.32 Å². The van der Waals surface area contributed by atoms with Crippen molar-refractivity contribution >= 4 is 16.9 Å². The molecule has 0 fully saturated rings. The molecule has 0 aliphatic rings. The minimum absolute atomic E-state index is 0.0250. The van der Waals surface area contributed by atoms with E-state index in [-0.39, 0.29) is 24.4 Å². The molecule has 6 heteroatoms. The lowest BCUT2D eigenvalue weighted by molar-refractivity contribution is 0.0878. The summed E-state index contributed by atoms with van der Waals surface area (Å²) in [4.78, 5) is 23.6. The average Bonchev–Trinajstić information content (AvgIpc) is 2.99. The standard InChI is InChI=1S/C17H16N2O4/c20-13(11-19-8-4-3-7-16(19)21)10-18-17(22)15-9-12-5-1-2-6-14(12)23-15/h1-9,13,20H,10-11H2,(H,18,22). The number of aliphatic hydroxyl groups is 1. The number of hydrogen-bond acceptors (Lipinski definition) is 4. The summed E-state index contributed by atoms with van der Waals surface area (Å²) in [5.74, 6) is -0.212. The Bertz CT molecular complexity index is 848. The molecule has 0 radical (unpaired) electrons. The third-order valence-electron chi connectivity index (χ3n) is 3.45. The van der Waals surface area contributed by atoms with Gasteiger partial charge in [-0.05, 0) is 18.2 Å². The van der Waals surface area contributed by atoms with Gasteiger partial charge in [-0.15, -0.1) is 0 Å². The molecule has 0 aliphatic carbocycles. The summed E-state index contributed by atoms with van der Waals surface area (Å²) in [5, 5.41) is 13.4. The number of aromatic nitrogens is 1. The lowest BCUT2D eigenvalue weighted by Crippen LogP contribution is -2.36. The smallest absolute Gasteiger partial charge is 0.287 e. The molecule has 0 saturated heterocycles. The van der Waals surface area contributed by atoms with Crippen molar-refractivity contribution in [1.82, 2.24) is 9.88 Å². The lowest BCUT2D eigenvalue weighted by atomic mass is 10.2. The average molecular weight is 312 g/mol. The van der Waals surface area contributed by atoms with Gasteiger partial charge in [-0.3, -0.25) is 9.59 Å². The van der Waals surface area contributed by atoms with Crippen molar-refractivity contribution in [3.8, 4) is 0 Å². The zero-order chi connectivity index (χ0) is 16.2. The van der Waals surface area contributed by atoms with Crippen LogP contribution < -0.4 is 10.9 Å². The molecule has 118 valence electrons. The number of nitrogens with zero attached hydrogens (tertiary/aromatic N) is 1. The van der Waals surface area contributed by atoms with Crippen molar-refractivity contribution in [2.45, 2.75) is 12.6 Å². The molecular formula is C17H16N2O4. The maximum Gasteiger partial charge on any atom is 0.287 e. The van der Waals surface area contributed by atoms with Gasteiger partial charge in [0.05, 0.1) is 12.6 Å². The van der Waals surface area contributed by atoms with Gasteiger partial charge in [0.15, 0.2) is 5.76 Å². The largest absolute Gasteiger partial charge is 0.451 e. The van der Waals surface area contributed by atoms with E-state index in [0.29, 0.717) is 5.58 Å². The Morgan fingerprint density at radius 2 is 2.00 bits per heavy atom. The molecule has 3 rings (SSSR count). The predicted molar refractivity (Wildman–Crippen MR) is 85.3 cm³/mol. The molecule has 2 N–H and O–H groups in total. The fourth-order valence-electron chi connectivity index (χ4n) is 2.29. The number of rotatable bonds is 5. The molecule has 2 aromatic heterocycles. The first kappa shape index (κ1) is 15.1. The number of carbonyl (C=O) groups is 1. The fraction of sp³-hybridized carbons (Fsp3) is 0.176. The normalized spacial score (nSPS) is 12.2. The molecule has 23 heavy (non-hydrogen) atoms. The number of furan rings is 1. The summed E-state index contributed by atoms with van der Waals surface area (Å²) in [5.41, 5.74) is 0.434. The van der Waals surface area contributed by atoms with Crippen LogP contribution in [0.25, 0.3) is 11.0 Å². The first-order chi connectivity index (χ1) is 11.1. The van der Waals surface area contributed by atoms with Crippen molar-refractivity contribution in [2.75, 3.05) is 6.54 Å². The Morgan fingerprint density at radius 3 is 2.78 bits per heavy atom. The molecule has 0 aliphatic heterocycles. The number of para-hydroxylation sites is 1. The monoisotopic (exact) mass is 312 g/mol. The molecule has 6 nitrogen and oxygen atoms in total. The molecule has 1 unspecified atom stereocenters. The van der Waals surface area contributed by atoms with Crippen molar-refractivity contribution in [1.29, 1.82) is 0 Å². The van der Waals surface area contributed by atoms with E-state index in [1.165, 1.54) is 10.6 Å². The van der Waals surface area contributed by atoms with Gasteiger partial charge in [0.25, 0.3) is 11.5 Å². The zero-order valence-corrected chi connectivity index (χ0v) is 12.3. The summed E-state index contributed by atoms with van der Waals surface area (Å²) in [7, 11) is 0. The number of benzene rings is 1. The van der Waals surface area contributed by atoms with Crippen LogP contribution in [0.15, 0.2) is 63.9 Å². The van der Waals surface area contributed by atoms with Gasteiger partial charge in [0.1, 0.15) is 5.58 Å². The number of pyridine rings is 1. The summed E-state index contributed by atoms with van der Waals surface area (Å²) in [6.45, 7) is 0.136. The number of fused-ring (bicyclic) bond motifs is 1. The second-order valence-electron chi connectivity index (χ2n) is 5.20. The van der Waals surface area contributed by atoms with Gasteiger partial charge in [-0.2, -0.15) is 0 Å². The third kappa shape index (κ3) is 3.49. The highest BCUT2D eigenvalue weighted by Gasteiger charge is 2.14. The SMILES string of the molecule is O=C(NCC(O)Cn1ccccc1=O)c1cc2ccccc2o1. The van der Waals surface area contributed by atoms with E-state index in [0.717, 1.165) is 5.39 Å². The van der Waals surface area contributed by atoms with E-state index in [1.807, 2.05) is 18.2 Å². The van der Waals surface area contributed by atoms with Crippen LogP contribution in [0.4, 0.5) is 0 Å². The lowest BCUT2D eigenvalue weighted by Gasteiger charge is -2.12. The summed E-state index contributed by atoms with van der Waals surface area (Å²) < 4.78 is 6.84. The highest BCUT2D eigenvalue weighted by Crippen LogP contribution is 2.18. The molecule has 2 heterocycles. The number of nitrogens with one attached hydrogen (secondary N) is 1. The molecular weight excluding hydrogens is 296 g/mol. The quantitative estimate of drug-likeness (QED) is 0.745. The predicted octanol–water partition coefficient (Wildman–Crippen LogP) is 1.39. The summed E-state index contributed by atoms with van der Waals surface area (Å²) in [6.07, 6.45) is 0.718. The molecule has 0 spiro atoms. The number of amides is 1. The third-order valence-corrected chi connectivity index (χ3v) is 3.45. The Labute approximate surface area is 132 Å². The van der Waals surface area contributed by atoms with Crippen molar-refractivity contribution < 1.29 is 14.3 Å². The van der Waals surface area contributed by atoms with Crippen molar-refractivity contribution in [2.24, 2.45) is 0 Å². The molecule has 1 amide bonds. The van der Waals surface area contributed by atoms with Crippen LogP contribution in [0.2, 0.25) is 0 Å². The maximum atomic E-state index is 12.1. The van der Waals surface area contributed by atoms with E-state index in [4.69, 9.17) is 4.42 Å². The summed E-state index contributed by atoms with van der Waals surface area (Å²) in [6, 6.07) is 13.7. The Balaban J connectivity index is 1.60. The Morgan fingerprint density at radius 1 is 1.22 bits per heavy atom. The summed E-state index contributed by atoms with van der Waals surface area (Å²) >= 11 is 0. The molecule has 1 aromatic carbocycles. The number of hydrogen-bond donors (Lipinski definition) is 2. The van der Waals surface area contributed by atoms with Gasteiger partial charge in [0, 0.05) is 24.2 Å². The molecule has 0 bridgehead atoms. The number of aliphatic hydroxyl groups excluding tert-OH is 1. The topological polar surface area (TPSA) is 84.5 Å².